The van der Waals surface area contributed by atoms with Gasteiger partial charge in [-0.3, -0.25) is 14.6 Å². The molecule has 2 N–H and O–H groups in total. The Morgan fingerprint density at radius 3 is 2.58 bits per heavy atom. The van der Waals surface area contributed by atoms with Crippen molar-refractivity contribution in [1.29, 1.82) is 0 Å². The molecule has 164 valence electrons. The third kappa shape index (κ3) is 3.73. The third-order valence-corrected chi connectivity index (χ3v) is 5.50. The number of H-pyrrole nitrogens is 1. The number of aryl methyl sites for hydroxylation is 1. The molecule has 7 nitrogen and oxygen atoms in total. The molecule has 0 unspecified atom stereocenters. The van der Waals surface area contributed by atoms with Crippen molar-refractivity contribution >= 4 is 22.8 Å². The van der Waals surface area contributed by atoms with E-state index in [2.05, 4.69) is 25.6 Å². The number of carbonyl (C=O) groups excluding carboxylic acids is 1. The summed E-state index contributed by atoms with van der Waals surface area (Å²) in [5.41, 5.74) is 3.39. The Hall–Kier alpha value is -4.40. The van der Waals surface area contributed by atoms with Crippen molar-refractivity contribution in [2.45, 2.75) is 6.92 Å². The summed E-state index contributed by atoms with van der Waals surface area (Å²) in [4.78, 5) is 17.3. The summed E-state index contributed by atoms with van der Waals surface area (Å²) in [5.74, 6) is -0.809. The maximum absolute atomic E-state index is 14.7. The molecule has 0 bridgehead atoms. The quantitative estimate of drug-likeness (QED) is 0.414. The largest absolute Gasteiger partial charge is 0.307 e. The second-order valence-electron chi connectivity index (χ2n) is 7.60. The first-order valence-electron chi connectivity index (χ1n) is 10.1. The summed E-state index contributed by atoms with van der Waals surface area (Å²) in [6.07, 6.45) is 1.56. The zero-order valence-electron chi connectivity index (χ0n) is 17.7. The molecule has 0 radical (unpaired) electrons. The smallest absolute Gasteiger partial charge is 0.256 e. The molecular formula is C24H18F2N6O. The molecule has 0 saturated heterocycles. The zero-order chi connectivity index (χ0) is 23.1. The van der Waals surface area contributed by atoms with E-state index < -0.39 is 11.7 Å². The molecule has 3 heterocycles. The molecule has 0 aliphatic carbocycles. The van der Waals surface area contributed by atoms with Gasteiger partial charge in [0.15, 0.2) is 5.65 Å². The molecule has 33 heavy (non-hydrogen) atoms. The van der Waals surface area contributed by atoms with Crippen molar-refractivity contribution in [3.8, 4) is 22.5 Å². The van der Waals surface area contributed by atoms with Gasteiger partial charge in [0.05, 0.1) is 17.6 Å². The lowest BCUT2D eigenvalue weighted by molar-refractivity contribution is 0.102. The van der Waals surface area contributed by atoms with Crippen LogP contribution in [-0.4, -0.2) is 30.9 Å². The van der Waals surface area contributed by atoms with Crippen LogP contribution in [0.5, 0.6) is 0 Å². The highest BCUT2D eigenvalue weighted by molar-refractivity contribution is 6.04. The van der Waals surface area contributed by atoms with E-state index in [0.29, 0.717) is 34.0 Å². The van der Waals surface area contributed by atoms with E-state index in [1.54, 1.807) is 50.5 Å². The molecular weight excluding hydrogens is 426 g/mol. The monoisotopic (exact) mass is 444 g/mol. The Balaban J connectivity index is 1.53. The summed E-state index contributed by atoms with van der Waals surface area (Å²) in [6.45, 7) is 1.63. The molecule has 5 aromatic rings. The third-order valence-electron chi connectivity index (χ3n) is 5.50. The first kappa shape index (κ1) is 20.5. The summed E-state index contributed by atoms with van der Waals surface area (Å²) >= 11 is 0. The van der Waals surface area contributed by atoms with Crippen LogP contribution in [0.15, 0.2) is 60.8 Å². The van der Waals surface area contributed by atoms with Gasteiger partial charge < -0.3 is 5.32 Å². The predicted molar refractivity (Wildman–Crippen MR) is 121 cm³/mol. The van der Waals surface area contributed by atoms with E-state index in [-0.39, 0.29) is 11.4 Å². The first-order chi connectivity index (χ1) is 15.9. The first-order valence-corrected chi connectivity index (χ1v) is 10.1. The molecule has 0 aliphatic rings. The number of carbonyl (C=O) groups is 1. The number of fused-ring (bicyclic) bond motifs is 1. The molecule has 1 amide bonds. The molecule has 0 aliphatic heterocycles. The number of benzene rings is 2. The normalized spacial score (nSPS) is 11.2. The van der Waals surface area contributed by atoms with Crippen LogP contribution in [0.4, 0.5) is 14.6 Å². The van der Waals surface area contributed by atoms with Gasteiger partial charge in [-0.15, -0.1) is 0 Å². The SMILES string of the molecule is Cc1c(F)cc(C(=O)Nc2ccnn2C)cc1-c1ccc2c(-c3ccc(F)cc3)[nH]nc2n1. The Bertz CT molecular complexity index is 1500. The molecule has 0 fully saturated rings. The van der Waals surface area contributed by atoms with Crippen LogP contribution >= 0.6 is 0 Å². The maximum Gasteiger partial charge on any atom is 0.256 e. The van der Waals surface area contributed by atoms with Crippen LogP contribution in [0.1, 0.15) is 15.9 Å². The van der Waals surface area contributed by atoms with Crippen LogP contribution in [0, 0.1) is 18.6 Å². The molecule has 3 aromatic heterocycles. The number of rotatable bonds is 4. The van der Waals surface area contributed by atoms with Gasteiger partial charge in [-0.05, 0) is 61.0 Å². The van der Waals surface area contributed by atoms with Gasteiger partial charge in [-0.25, -0.2) is 13.8 Å². The summed E-state index contributed by atoms with van der Waals surface area (Å²) < 4.78 is 29.5. The van der Waals surface area contributed by atoms with Crippen molar-refractivity contribution in [1.82, 2.24) is 25.0 Å². The van der Waals surface area contributed by atoms with E-state index in [1.807, 2.05) is 6.07 Å². The van der Waals surface area contributed by atoms with Crippen LogP contribution in [0.25, 0.3) is 33.5 Å². The fourth-order valence-electron chi connectivity index (χ4n) is 3.65. The highest BCUT2D eigenvalue weighted by atomic mass is 19.1. The van der Waals surface area contributed by atoms with Crippen LogP contribution in [0.2, 0.25) is 0 Å². The molecule has 0 atom stereocenters. The number of aromatic nitrogens is 5. The van der Waals surface area contributed by atoms with Crippen molar-refractivity contribution in [2.24, 2.45) is 7.05 Å². The van der Waals surface area contributed by atoms with Gasteiger partial charge in [0.1, 0.15) is 17.5 Å². The summed E-state index contributed by atoms with van der Waals surface area (Å²) in [5, 5.41) is 14.7. The standard InChI is InChI=1S/C24H18F2N6O/c1-13-18(11-15(12-19(13)26)24(33)29-21-9-10-27-32(21)2)20-8-7-17-22(30-31-23(17)28-20)14-3-5-16(25)6-4-14/h3-12H,1-2H3,(H,29,33)(H,28,30,31). The van der Waals surface area contributed by atoms with Crippen LogP contribution < -0.4 is 5.32 Å². The van der Waals surface area contributed by atoms with E-state index in [4.69, 9.17) is 0 Å². The second kappa shape index (κ2) is 7.94. The number of amides is 1. The molecule has 2 aromatic carbocycles. The van der Waals surface area contributed by atoms with Gasteiger partial charge in [-0.2, -0.15) is 10.2 Å². The highest BCUT2D eigenvalue weighted by Gasteiger charge is 2.17. The Morgan fingerprint density at radius 1 is 1.06 bits per heavy atom. The topological polar surface area (TPSA) is 88.5 Å². The lowest BCUT2D eigenvalue weighted by Gasteiger charge is -2.11. The highest BCUT2D eigenvalue weighted by Crippen LogP contribution is 2.30. The van der Waals surface area contributed by atoms with E-state index in [9.17, 15) is 13.6 Å². The molecule has 9 heteroatoms. The zero-order valence-corrected chi connectivity index (χ0v) is 17.7. The maximum atomic E-state index is 14.7. The Morgan fingerprint density at radius 2 is 1.85 bits per heavy atom. The van der Waals surface area contributed by atoms with Crippen molar-refractivity contribution in [3.63, 3.8) is 0 Å². The number of pyridine rings is 1. The van der Waals surface area contributed by atoms with E-state index >= 15 is 0 Å². The van der Waals surface area contributed by atoms with Gasteiger partial charge in [0.2, 0.25) is 0 Å². The Kier molecular flexibility index (Phi) is 4.93. The van der Waals surface area contributed by atoms with Crippen LogP contribution in [0.3, 0.4) is 0 Å². The average Bonchev–Trinajstić information content (AvgIpc) is 3.41. The van der Waals surface area contributed by atoms with Crippen molar-refractivity contribution in [2.75, 3.05) is 5.32 Å². The number of nitrogens with zero attached hydrogens (tertiary/aromatic N) is 4. The molecule has 5 rings (SSSR count). The number of hydrogen-bond donors (Lipinski definition) is 2. The van der Waals surface area contributed by atoms with Gasteiger partial charge in [0.25, 0.3) is 5.91 Å². The van der Waals surface area contributed by atoms with Crippen LogP contribution in [-0.2, 0) is 7.05 Å². The lowest BCUT2D eigenvalue weighted by Crippen LogP contribution is -2.15. The fourth-order valence-corrected chi connectivity index (χ4v) is 3.65. The fraction of sp³-hybridized carbons (Fsp3) is 0.0833. The summed E-state index contributed by atoms with van der Waals surface area (Å²) in [7, 11) is 1.69. The number of hydrogen-bond acceptors (Lipinski definition) is 4. The summed E-state index contributed by atoms with van der Waals surface area (Å²) in [6, 6.07) is 14.1. The number of anilines is 1. The molecule has 0 spiro atoms. The molecule has 0 saturated carbocycles. The minimum atomic E-state index is -0.515. The number of nitrogens with one attached hydrogen (secondary N) is 2. The van der Waals surface area contributed by atoms with Gasteiger partial charge in [0, 0.05) is 35.2 Å². The minimum absolute atomic E-state index is 0.158. The van der Waals surface area contributed by atoms with E-state index in [0.717, 1.165) is 10.9 Å². The van der Waals surface area contributed by atoms with Gasteiger partial charge >= 0.3 is 0 Å². The van der Waals surface area contributed by atoms with Gasteiger partial charge in [-0.1, -0.05) is 0 Å². The van der Waals surface area contributed by atoms with E-state index in [1.165, 1.54) is 22.9 Å². The predicted octanol–water partition coefficient (Wildman–Crippen LogP) is 4.86. The number of halogens is 2. The van der Waals surface area contributed by atoms with Crippen molar-refractivity contribution < 1.29 is 13.6 Å². The Labute approximate surface area is 187 Å². The minimum Gasteiger partial charge on any atom is -0.307 e. The van der Waals surface area contributed by atoms with Crippen molar-refractivity contribution in [3.05, 3.63) is 83.6 Å². The number of aromatic amines is 1. The lowest BCUT2D eigenvalue weighted by atomic mass is 10.00. The average molecular weight is 444 g/mol. The second-order valence-corrected chi connectivity index (χ2v) is 7.60.